The van der Waals surface area contributed by atoms with Crippen LogP contribution in [0.1, 0.15) is 10.4 Å². The second-order valence-corrected chi connectivity index (χ2v) is 4.59. The largest absolute Gasteiger partial charge is 1.00 e. The van der Waals surface area contributed by atoms with Crippen LogP contribution in [0.3, 0.4) is 0 Å². The van der Waals surface area contributed by atoms with Gasteiger partial charge in [-0.1, -0.05) is 11.6 Å². The maximum Gasteiger partial charge on any atom is 1.00 e. The van der Waals surface area contributed by atoms with Gasteiger partial charge in [0.1, 0.15) is 11.3 Å². The van der Waals surface area contributed by atoms with E-state index in [0.29, 0.717) is 22.2 Å². The van der Waals surface area contributed by atoms with Crippen LogP contribution in [-0.4, -0.2) is 31.3 Å². The molecule has 9 heteroatoms. The van der Waals surface area contributed by atoms with Crippen molar-refractivity contribution in [3.05, 3.63) is 28.9 Å². The summed E-state index contributed by atoms with van der Waals surface area (Å²) >= 11 is 5.92. The van der Waals surface area contributed by atoms with E-state index in [4.69, 9.17) is 22.4 Å². The number of halogens is 1. The summed E-state index contributed by atoms with van der Waals surface area (Å²) in [6.07, 6.45) is 1.63. The Kier molecular flexibility index (Phi) is 4.86. The maximum absolute atomic E-state index is 11.1. The van der Waals surface area contributed by atoms with E-state index in [9.17, 15) is 4.79 Å². The van der Waals surface area contributed by atoms with Crippen molar-refractivity contribution in [3.8, 4) is 0 Å². The van der Waals surface area contributed by atoms with Crippen LogP contribution in [0, 0.1) is 0 Å². The van der Waals surface area contributed by atoms with Gasteiger partial charge in [-0.25, -0.2) is 9.78 Å². The molecule has 4 N–H and O–H groups in total. The van der Waals surface area contributed by atoms with Gasteiger partial charge in [-0.15, -0.1) is 0 Å². The molecule has 3 aromatic rings. The molecule has 0 atom stereocenters. The minimum Gasteiger partial charge on any atom is -0.870 e. The molecule has 0 bridgehead atoms. The minimum absolute atomic E-state index is 0. The van der Waals surface area contributed by atoms with Crippen LogP contribution in [0.15, 0.2) is 18.3 Å². The van der Waals surface area contributed by atoms with E-state index in [-0.39, 0.29) is 34.9 Å². The van der Waals surface area contributed by atoms with Crippen LogP contribution in [0.25, 0.3) is 21.8 Å². The first-order valence-electron chi connectivity index (χ1n) is 5.42. The molecule has 0 amide bonds. The molecule has 2 heterocycles. The molecule has 0 fully saturated rings. The van der Waals surface area contributed by atoms with Gasteiger partial charge in [-0.3, -0.25) is 4.68 Å². The Morgan fingerprint density at radius 1 is 1.38 bits per heavy atom. The Hall–Kier alpha value is -1.78. The number of nitrogens with zero attached hydrogens (tertiary/aromatic N) is 3. The average molecular weight is 301 g/mol. The van der Waals surface area contributed by atoms with E-state index in [2.05, 4.69) is 10.1 Å². The predicted molar refractivity (Wildman–Crippen MR) is 74.3 cm³/mol. The molecule has 0 unspecified atom stereocenters. The number of anilines is 1. The van der Waals surface area contributed by atoms with Crippen molar-refractivity contribution in [2.75, 3.05) is 5.73 Å². The minimum atomic E-state index is -1.08. The molecule has 21 heavy (non-hydrogen) atoms. The van der Waals surface area contributed by atoms with Gasteiger partial charge in [0.25, 0.3) is 0 Å². The number of carboxylic acids is 1. The van der Waals surface area contributed by atoms with E-state index >= 15 is 0 Å². The Balaban J connectivity index is 0.00000110. The third-order valence-electron chi connectivity index (χ3n) is 3.03. The molecule has 2 aromatic heterocycles. The Morgan fingerprint density at radius 3 is 2.67 bits per heavy atom. The number of carboxylic acid groups (broad SMARTS) is 1. The topological polar surface area (TPSA) is 124 Å². The van der Waals surface area contributed by atoms with Crippen LogP contribution in [0.2, 0.25) is 5.02 Å². The molecule has 0 aliphatic heterocycles. The Bertz CT molecular complexity index is 849. The number of carbonyl (C=O) groups is 1. The first kappa shape index (κ1) is 17.3. The number of aromatic carboxylic acids is 1. The van der Waals surface area contributed by atoms with Crippen molar-refractivity contribution in [1.29, 1.82) is 0 Å². The summed E-state index contributed by atoms with van der Waals surface area (Å²) in [4.78, 5) is 15.4. The Labute approximate surface area is 136 Å². The number of hydrogen-bond donors (Lipinski definition) is 2. The van der Waals surface area contributed by atoms with Gasteiger partial charge in [-0.05, 0) is 12.1 Å². The average Bonchev–Trinajstić information content (AvgIpc) is 2.71. The summed E-state index contributed by atoms with van der Waals surface area (Å²) < 4.78 is 1.60. The molecule has 104 valence electrons. The summed E-state index contributed by atoms with van der Waals surface area (Å²) in [7, 11) is 1.75. The zero-order valence-corrected chi connectivity index (χ0v) is 12.1. The maximum atomic E-state index is 11.1. The smallest absolute Gasteiger partial charge is 0.870 e. The number of aryl methyl sites for hydroxylation is 1. The second kappa shape index (κ2) is 5.91. The SMILES string of the molecule is Cn1ncc2c3cc(C(=O)O)c(Cl)cc3nc(N)c21.[Li+].[OH-]. The number of nitrogen functional groups attached to an aromatic ring is 1. The number of aromatic nitrogens is 3. The summed E-state index contributed by atoms with van der Waals surface area (Å²) in [6.45, 7) is 0. The van der Waals surface area contributed by atoms with Gasteiger partial charge in [0.2, 0.25) is 0 Å². The van der Waals surface area contributed by atoms with Crippen molar-refractivity contribution >= 4 is 45.2 Å². The van der Waals surface area contributed by atoms with Crippen LogP contribution in [0.5, 0.6) is 0 Å². The predicted octanol–water partition coefficient (Wildman–Crippen LogP) is -1.12. The molecule has 0 saturated carbocycles. The zero-order chi connectivity index (χ0) is 13.7. The van der Waals surface area contributed by atoms with Gasteiger partial charge in [0.05, 0.1) is 22.3 Å². The number of hydrogen-bond acceptors (Lipinski definition) is 5. The standard InChI is InChI=1S/C12H9ClN4O2.Li.H2O/c1-17-10-7(4-15-17)5-2-6(12(18)19)8(13)3-9(5)16-11(10)14;;/h2-4H,1H3,(H2,14,16)(H,18,19);;1H2/q;+1;/p-1. The molecule has 0 radical (unpaired) electrons. The molecular formula is C12H10ClLiN4O3. The first-order valence-corrected chi connectivity index (χ1v) is 5.80. The van der Waals surface area contributed by atoms with Crippen molar-refractivity contribution < 1.29 is 34.2 Å². The van der Waals surface area contributed by atoms with Crippen LogP contribution in [-0.2, 0) is 7.05 Å². The number of fused-ring (bicyclic) bond motifs is 3. The molecule has 1 aromatic carbocycles. The normalized spacial score (nSPS) is 10.2. The van der Waals surface area contributed by atoms with Gasteiger partial charge < -0.3 is 16.3 Å². The third-order valence-corrected chi connectivity index (χ3v) is 3.34. The van der Waals surface area contributed by atoms with Crippen molar-refractivity contribution in [3.63, 3.8) is 0 Å². The molecule has 7 nitrogen and oxygen atoms in total. The summed E-state index contributed by atoms with van der Waals surface area (Å²) in [5.74, 6) is -0.748. The van der Waals surface area contributed by atoms with Gasteiger partial charge in [-0.2, -0.15) is 5.10 Å². The summed E-state index contributed by atoms with van der Waals surface area (Å²) in [5, 5.41) is 14.8. The van der Waals surface area contributed by atoms with Gasteiger partial charge in [0.15, 0.2) is 0 Å². The third kappa shape index (κ3) is 2.57. The monoisotopic (exact) mass is 300 g/mol. The van der Waals surface area contributed by atoms with E-state index < -0.39 is 5.97 Å². The second-order valence-electron chi connectivity index (χ2n) is 4.18. The fourth-order valence-electron chi connectivity index (χ4n) is 2.16. The van der Waals surface area contributed by atoms with E-state index in [1.165, 1.54) is 12.1 Å². The quantitative estimate of drug-likeness (QED) is 0.549. The number of rotatable bonds is 1. The summed E-state index contributed by atoms with van der Waals surface area (Å²) in [5.41, 5.74) is 7.14. The van der Waals surface area contributed by atoms with Crippen molar-refractivity contribution in [2.24, 2.45) is 7.05 Å². The fourth-order valence-corrected chi connectivity index (χ4v) is 2.39. The van der Waals surface area contributed by atoms with Crippen LogP contribution in [0.4, 0.5) is 5.82 Å². The van der Waals surface area contributed by atoms with E-state index in [1.54, 1.807) is 17.9 Å². The first-order chi connectivity index (χ1) is 8.99. The molecular weight excluding hydrogens is 291 g/mol. The number of nitrogens with two attached hydrogens (primary N) is 1. The molecule has 0 saturated heterocycles. The number of pyridine rings is 1. The molecule has 0 aliphatic carbocycles. The molecule has 3 rings (SSSR count). The molecule has 0 aliphatic rings. The van der Waals surface area contributed by atoms with Crippen molar-refractivity contribution in [2.45, 2.75) is 0 Å². The van der Waals surface area contributed by atoms with Gasteiger partial charge >= 0.3 is 24.8 Å². The van der Waals surface area contributed by atoms with Crippen LogP contribution < -0.4 is 24.6 Å². The summed E-state index contributed by atoms with van der Waals surface area (Å²) in [6, 6.07) is 3.00. The van der Waals surface area contributed by atoms with Crippen molar-refractivity contribution in [1.82, 2.24) is 14.8 Å². The van der Waals surface area contributed by atoms with Crippen LogP contribution >= 0.6 is 11.6 Å². The van der Waals surface area contributed by atoms with Gasteiger partial charge in [0, 0.05) is 17.8 Å². The number of benzene rings is 1. The van der Waals surface area contributed by atoms with E-state index in [1.807, 2.05) is 0 Å². The fraction of sp³-hybridized carbons (Fsp3) is 0.0833. The van der Waals surface area contributed by atoms with E-state index in [0.717, 1.165) is 5.39 Å². The zero-order valence-electron chi connectivity index (χ0n) is 11.3. The molecule has 0 spiro atoms. The Morgan fingerprint density at radius 2 is 2.05 bits per heavy atom.